The van der Waals surface area contributed by atoms with Crippen LogP contribution in [0, 0.1) is 24.2 Å². The molecule has 2 aromatic rings. The average molecular weight is 383 g/mol. The molecule has 2 aromatic heterocycles. The lowest BCUT2D eigenvalue weighted by Crippen LogP contribution is -2.28. The van der Waals surface area contributed by atoms with Crippen LogP contribution in [0.4, 0.5) is 5.82 Å². The second kappa shape index (κ2) is 7.47. The lowest BCUT2D eigenvalue weighted by atomic mass is 9.92. The Balaban J connectivity index is 1.30. The van der Waals surface area contributed by atoms with E-state index in [0.29, 0.717) is 11.5 Å². The third-order valence-electron chi connectivity index (χ3n) is 6.39. The smallest absolute Gasteiger partial charge is 0.148 e. The number of anilines is 1. The van der Waals surface area contributed by atoms with E-state index in [1.807, 2.05) is 24.0 Å². The van der Waals surface area contributed by atoms with Gasteiger partial charge in [0.2, 0.25) is 0 Å². The summed E-state index contributed by atoms with van der Waals surface area (Å²) in [6, 6.07) is 4.63. The van der Waals surface area contributed by atoms with Crippen molar-refractivity contribution in [3.63, 3.8) is 0 Å². The van der Waals surface area contributed by atoms with Crippen molar-refractivity contribution in [1.82, 2.24) is 24.9 Å². The molecule has 1 aliphatic heterocycles. The quantitative estimate of drug-likeness (QED) is 0.853. The van der Waals surface area contributed by atoms with Crippen LogP contribution in [-0.4, -0.2) is 50.6 Å². The molecule has 4 rings (SSSR count). The summed E-state index contributed by atoms with van der Waals surface area (Å²) in [5.74, 6) is 2.56. The van der Waals surface area contributed by atoms with Crippen LogP contribution in [0.5, 0.6) is 0 Å². The third-order valence-corrected chi connectivity index (χ3v) is 6.39. The standard InChI is InChI=1S/C22H34N6/c1-15-12-23-27(5)21(15)19-6-7-20(26-25-19)24-18-10-16-13-28(14-17(16)11-18)9-8-22(2,3)4/h6-7,12,16-18H,8-11,13-14H2,1-5H3,(H,24,26)/t16-,17+,18-. The van der Waals surface area contributed by atoms with Gasteiger partial charge in [-0.1, -0.05) is 20.8 Å². The Hall–Kier alpha value is -1.95. The molecule has 0 radical (unpaired) electrons. The Labute approximate surface area is 168 Å². The summed E-state index contributed by atoms with van der Waals surface area (Å²) in [5, 5.41) is 16.8. The Bertz CT molecular complexity index is 770. The molecule has 3 atom stereocenters. The molecule has 0 bridgehead atoms. The fourth-order valence-electron chi connectivity index (χ4n) is 4.85. The average Bonchev–Trinajstić information content (AvgIpc) is 3.27. The molecule has 1 aliphatic carbocycles. The normalized spacial score (nSPS) is 25.2. The number of aryl methyl sites for hydroxylation is 2. The predicted octanol–water partition coefficient (Wildman–Crippen LogP) is 3.74. The third kappa shape index (κ3) is 4.22. The van der Waals surface area contributed by atoms with Crippen LogP contribution in [0.2, 0.25) is 0 Å². The van der Waals surface area contributed by atoms with Crippen LogP contribution in [0.1, 0.15) is 45.6 Å². The molecule has 152 valence electrons. The van der Waals surface area contributed by atoms with E-state index in [0.717, 1.165) is 34.6 Å². The summed E-state index contributed by atoms with van der Waals surface area (Å²) >= 11 is 0. The maximum Gasteiger partial charge on any atom is 0.148 e. The van der Waals surface area contributed by atoms with Gasteiger partial charge >= 0.3 is 0 Å². The number of nitrogens with zero attached hydrogens (tertiary/aromatic N) is 5. The first kappa shape index (κ1) is 19.4. The maximum absolute atomic E-state index is 4.43. The van der Waals surface area contributed by atoms with Crippen LogP contribution in [0.15, 0.2) is 18.3 Å². The molecule has 3 heterocycles. The van der Waals surface area contributed by atoms with E-state index < -0.39 is 0 Å². The monoisotopic (exact) mass is 382 g/mol. The minimum atomic E-state index is 0.431. The highest BCUT2D eigenvalue weighted by Gasteiger charge is 2.40. The van der Waals surface area contributed by atoms with E-state index in [1.54, 1.807) is 0 Å². The Morgan fingerprint density at radius 3 is 2.36 bits per heavy atom. The van der Waals surface area contributed by atoms with Crippen LogP contribution in [0.25, 0.3) is 11.4 Å². The van der Waals surface area contributed by atoms with Crippen LogP contribution in [0.3, 0.4) is 0 Å². The number of hydrogen-bond acceptors (Lipinski definition) is 5. The van der Waals surface area contributed by atoms with Gasteiger partial charge in [0.05, 0.1) is 11.9 Å². The van der Waals surface area contributed by atoms with Gasteiger partial charge in [0.1, 0.15) is 11.5 Å². The second-order valence-corrected chi connectivity index (χ2v) is 10.0. The van der Waals surface area contributed by atoms with E-state index in [1.165, 1.54) is 38.9 Å². The van der Waals surface area contributed by atoms with E-state index >= 15 is 0 Å². The lowest BCUT2D eigenvalue weighted by molar-refractivity contribution is 0.250. The predicted molar refractivity (Wildman–Crippen MR) is 113 cm³/mol. The summed E-state index contributed by atoms with van der Waals surface area (Å²) in [6.45, 7) is 12.9. The summed E-state index contributed by atoms with van der Waals surface area (Å²) in [5.41, 5.74) is 3.46. The van der Waals surface area contributed by atoms with E-state index in [2.05, 4.69) is 59.3 Å². The molecule has 0 aromatic carbocycles. The van der Waals surface area contributed by atoms with Crippen LogP contribution >= 0.6 is 0 Å². The maximum atomic E-state index is 4.43. The van der Waals surface area contributed by atoms with Crippen molar-refractivity contribution in [2.75, 3.05) is 25.0 Å². The lowest BCUT2D eigenvalue weighted by Gasteiger charge is -2.24. The van der Waals surface area contributed by atoms with E-state index in [-0.39, 0.29) is 0 Å². The number of fused-ring (bicyclic) bond motifs is 1. The number of aromatic nitrogens is 4. The largest absolute Gasteiger partial charge is 0.366 e. The zero-order chi connectivity index (χ0) is 19.9. The van der Waals surface area contributed by atoms with Crippen molar-refractivity contribution in [2.24, 2.45) is 24.3 Å². The van der Waals surface area contributed by atoms with Crippen molar-refractivity contribution in [3.05, 3.63) is 23.9 Å². The van der Waals surface area contributed by atoms with E-state index in [4.69, 9.17) is 0 Å². The van der Waals surface area contributed by atoms with Gasteiger partial charge in [0.25, 0.3) is 0 Å². The van der Waals surface area contributed by atoms with Crippen LogP contribution < -0.4 is 5.32 Å². The first-order valence-electron chi connectivity index (χ1n) is 10.6. The van der Waals surface area contributed by atoms with Gasteiger partial charge in [-0.2, -0.15) is 5.10 Å². The van der Waals surface area contributed by atoms with Gasteiger partial charge in [0, 0.05) is 26.2 Å². The molecule has 6 nitrogen and oxygen atoms in total. The minimum Gasteiger partial charge on any atom is -0.366 e. The molecule has 0 unspecified atom stereocenters. The van der Waals surface area contributed by atoms with E-state index in [9.17, 15) is 0 Å². The molecule has 1 saturated heterocycles. The van der Waals surface area contributed by atoms with Gasteiger partial charge in [-0.05, 0) is 67.7 Å². The topological polar surface area (TPSA) is 58.9 Å². The highest BCUT2D eigenvalue weighted by atomic mass is 15.3. The van der Waals surface area contributed by atoms with Crippen LogP contribution in [-0.2, 0) is 7.05 Å². The molecular weight excluding hydrogens is 348 g/mol. The number of hydrogen-bond donors (Lipinski definition) is 1. The molecule has 2 aliphatic rings. The number of rotatable bonds is 5. The van der Waals surface area contributed by atoms with Crippen molar-refractivity contribution < 1.29 is 0 Å². The fraction of sp³-hybridized carbons (Fsp3) is 0.682. The molecule has 28 heavy (non-hydrogen) atoms. The molecular formula is C22H34N6. The molecule has 2 fully saturated rings. The van der Waals surface area contributed by atoms with Crippen molar-refractivity contribution in [1.29, 1.82) is 0 Å². The first-order valence-corrected chi connectivity index (χ1v) is 10.6. The summed E-state index contributed by atoms with van der Waals surface area (Å²) in [4.78, 5) is 2.68. The van der Waals surface area contributed by atoms with Gasteiger partial charge in [0.15, 0.2) is 0 Å². The SMILES string of the molecule is Cc1cnn(C)c1-c1ccc(N[C@@H]2C[C@@H]3CN(CCC(C)(C)C)C[C@@H]3C2)nn1. The van der Waals surface area contributed by atoms with Gasteiger partial charge in [-0.3, -0.25) is 4.68 Å². The zero-order valence-corrected chi connectivity index (χ0v) is 17.9. The Morgan fingerprint density at radius 1 is 1.11 bits per heavy atom. The Morgan fingerprint density at radius 2 is 1.82 bits per heavy atom. The van der Waals surface area contributed by atoms with Gasteiger partial charge in [-0.25, -0.2) is 0 Å². The summed E-state index contributed by atoms with van der Waals surface area (Å²) in [7, 11) is 1.94. The molecule has 1 saturated carbocycles. The molecule has 0 spiro atoms. The summed E-state index contributed by atoms with van der Waals surface area (Å²) < 4.78 is 1.86. The van der Waals surface area contributed by atoms with Crippen molar-refractivity contribution in [3.8, 4) is 11.4 Å². The molecule has 0 amide bonds. The van der Waals surface area contributed by atoms with Crippen molar-refractivity contribution in [2.45, 2.75) is 53.0 Å². The number of likely N-dealkylation sites (tertiary alicyclic amines) is 1. The fourth-order valence-corrected chi connectivity index (χ4v) is 4.85. The molecule has 6 heteroatoms. The minimum absolute atomic E-state index is 0.431. The Kier molecular flexibility index (Phi) is 5.17. The number of nitrogens with one attached hydrogen (secondary N) is 1. The highest BCUT2D eigenvalue weighted by Crippen LogP contribution is 2.39. The zero-order valence-electron chi connectivity index (χ0n) is 17.9. The molecule has 1 N–H and O–H groups in total. The van der Waals surface area contributed by atoms with Crippen molar-refractivity contribution >= 4 is 5.82 Å². The highest BCUT2D eigenvalue weighted by molar-refractivity contribution is 5.59. The first-order chi connectivity index (χ1) is 13.3. The van der Waals surface area contributed by atoms with Gasteiger partial charge in [-0.15, -0.1) is 10.2 Å². The second-order valence-electron chi connectivity index (χ2n) is 10.0. The summed E-state index contributed by atoms with van der Waals surface area (Å²) in [6.07, 6.45) is 5.65. The van der Waals surface area contributed by atoms with Gasteiger partial charge < -0.3 is 10.2 Å².